The number of anilines is 2. The van der Waals surface area contributed by atoms with Crippen molar-refractivity contribution in [3.8, 4) is 17.2 Å². The van der Waals surface area contributed by atoms with Gasteiger partial charge >= 0.3 is 0 Å². The summed E-state index contributed by atoms with van der Waals surface area (Å²) in [7, 11) is 4.39. The fraction of sp³-hybridized carbons (Fsp3) is 0.250. The minimum atomic E-state index is -1.26. The van der Waals surface area contributed by atoms with Gasteiger partial charge in [-0.3, -0.25) is 19.3 Å². The van der Waals surface area contributed by atoms with Crippen LogP contribution >= 0.6 is 11.5 Å². The Bertz CT molecular complexity index is 1610. The zero-order chi connectivity index (χ0) is 32.0. The topological polar surface area (TPSA) is 159 Å². The van der Waals surface area contributed by atoms with Gasteiger partial charge < -0.3 is 31.0 Å². The summed E-state index contributed by atoms with van der Waals surface area (Å²) in [4.78, 5) is 41.9. The van der Waals surface area contributed by atoms with Crippen LogP contribution in [-0.2, 0) is 11.3 Å². The van der Waals surface area contributed by atoms with Gasteiger partial charge in [-0.15, -0.1) is 0 Å². The van der Waals surface area contributed by atoms with Crippen molar-refractivity contribution in [3.05, 3.63) is 94.0 Å². The molecular formula is C32H35N5O6S. The maximum absolute atomic E-state index is 14.4. The van der Waals surface area contributed by atoms with Crippen molar-refractivity contribution in [1.29, 1.82) is 0 Å². The van der Waals surface area contributed by atoms with Crippen LogP contribution < -0.4 is 35.9 Å². The number of hydrogen-bond acceptors (Lipinski definition) is 9. The molecule has 0 radical (unpaired) electrons. The van der Waals surface area contributed by atoms with Gasteiger partial charge in [-0.25, -0.2) is 0 Å². The van der Waals surface area contributed by atoms with E-state index in [4.69, 9.17) is 25.7 Å². The van der Waals surface area contributed by atoms with Gasteiger partial charge in [0.1, 0.15) is 10.9 Å². The predicted molar refractivity (Wildman–Crippen MR) is 170 cm³/mol. The fourth-order valence-corrected chi connectivity index (χ4v) is 5.44. The summed E-state index contributed by atoms with van der Waals surface area (Å²) < 4.78 is 20.7. The number of carbonyl (C=O) groups is 3. The highest BCUT2D eigenvalue weighted by Gasteiger charge is 2.37. The fourth-order valence-electron chi connectivity index (χ4n) is 4.70. The van der Waals surface area contributed by atoms with E-state index < -0.39 is 23.8 Å². The molecule has 12 heteroatoms. The number of ether oxygens (including phenoxy) is 3. The first kappa shape index (κ1) is 31.8. The van der Waals surface area contributed by atoms with E-state index in [1.165, 1.54) is 26.2 Å². The van der Waals surface area contributed by atoms with E-state index in [-0.39, 0.29) is 28.7 Å². The van der Waals surface area contributed by atoms with Crippen molar-refractivity contribution >= 4 is 40.6 Å². The Morgan fingerprint density at radius 1 is 0.909 bits per heavy atom. The number of methoxy groups -OCH3 is 3. The number of benzene rings is 3. The molecule has 0 unspecified atom stereocenters. The summed E-state index contributed by atoms with van der Waals surface area (Å²) in [6, 6.07) is 18.6. The SMILES string of the molecule is COc1cc([C@@H](C(=O)NCc2ccccc2)N(C(=O)c2snc(C(N)=O)c2N)c2ccc(C(C)C)cc2)cc(OC)c1OC. The predicted octanol–water partition coefficient (Wildman–Crippen LogP) is 4.68. The Balaban J connectivity index is 1.94. The van der Waals surface area contributed by atoms with E-state index in [0.29, 0.717) is 28.5 Å². The summed E-state index contributed by atoms with van der Waals surface area (Å²) in [5.74, 6) is -0.895. The van der Waals surface area contributed by atoms with Gasteiger partial charge in [-0.1, -0.05) is 56.3 Å². The number of primary amides is 1. The third-order valence-electron chi connectivity index (χ3n) is 7.03. The van der Waals surface area contributed by atoms with Crippen LogP contribution in [0, 0.1) is 0 Å². The van der Waals surface area contributed by atoms with Crippen LogP contribution in [0.4, 0.5) is 11.4 Å². The molecule has 1 aromatic heterocycles. The number of amides is 3. The minimum Gasteiger partial charge on any atom is -0.493 e. The lowest BCUT2D eigenvalue weighted by atomic mass is 9.99. The van der Waals surface area contributed by atoms with Crippen molar-refractivity contribution in [3.63, 3.8) is 0 Å². The minimum absolute atomic E-state index is 0.0416. The van der Waals surface area contributed by atoms with Crippen LogP contribution in [0.5, 0.6) is 17.2 Å². The average molecular weight is 618 g/mol. The number of nitrogen functional groups attached to an aromatic ring is 1. The maximum Gasteiger partial charge on any atom is 0.273 e. The first-order valence-electron chi connectivity index (χ1n) is 13.7. The molecule has 1 atom stereocenters. The molecule has 5 N–H and O–H groups in total. The monoisotopic (exact) mass is 617 g/mol. The van der Waals surface area contributed by atoms with Crippen molar-refractivity contribution in [2.75, 3.05) is 32.0 Å². The molecule has 0 aliphatic carbocycles. The first-order valence-corrected chi connectivity index (χ1v) is 14.5. The van der Waals surface area contributed by atoms with Gasteiger partial charge in [-0.05, 0) is 58.4 Å². The molecule has 4 rings (SSSR count). The van der Waals surface area contributed by atoms with Crippen LogP contribution in [0.1, 0.15) is 62.7 Å². The molecule has 44 heavy (non-hydrogen) atoms. The molecule has 0 aliphatic rings. The number of hydrogen-bond donors (Lipinski definition) is 3. The van der Waals surface area contributed by atoms with Crippen LogP contribution in [-0.4, -0.2) is 43.4 Å². The molecule has 0 aliphatic heterocycles. The number of rotatable bonds is 12. The lowest BCUT2D eigenvalue weighted by Crippen LogP contribution is -2.44. The summed E-state index contributed by atoms with van der Waals surface area (Å²) in [6.45, 7) is 4.30. The highest BCUT2D eigenvalue weighted by atomic mass is 32.1. The van der Waals surface area contributed by atoms with Gasteiger partial charge in [0.2, 0.25) is 11.7 Å². The molecule has 0 saturated carbocycles. The molecule has 3 aromatic carbocycles. The van der Waals surface area contributed by atoms with Crippen molar-refractivity contribution in [2.45, 2.75) is 32.4 Å². The summed E-state index contributed by atoms with van der Waals surface area (Å²) in [6.07, 6.45) is 0. The maximum atomic E-state index is 14.4. The van der Waals surface area contributed by atoms with E-state index in [2.05, 4.69) is 23.5 Å². The van der Waals surface area contributed by atoms with Crippen molar-refractivity contribution in [2.24, 2.45) is 5.73 Å². The van der Waals surface area contributed by atoms with E-state index in [1.54, 1.807) is 24.3 Å². The number of nitrogens with two attached hydrogens (primary N) is 2. The number of nitrogens with zero attached hydrogens (tertiary/aromatic N) is 2. The molecule has 0 bridgehead atoms. The van der Waals surface area contributed by atoms with Crippen LogP contribution in [0.15, 0.2) is 66.7 Å². The third kappa shape index (κ3) is 6.60. The lowest BCUT2D eigenvalue weighted by molar-refractivity contribution is -0.122. The normalized spacial score (nSPS) is 11.5. The van der Waals surface area contributed by atoms with Crippen molar-refractivity contribution in [1.82, 2.24) is 9.69 Å². The second-order valence-electron chi connectivity index (χ2n) is 10.1. The van der Waals surface area contributed by atoms with Crippen molar-refractivity contribution < 1.29 is 28.6 Å². The quantitative estimate of drug-likeness (QED) is 0.207. The third-order valence-corrected chi connectivity index (χ3v) is 7.88. The Kier molecular flexibility index (Phi) is 10.1. The second kappa shape index (κ2) is 13.9. The van der Waals surface area contributed by atoms with Crippen LogP contribution in [0.3, 0.4) is 0 Å². The van der Waals surface area contributed by atoms with E-state index in [0.717, 1.165) is 22.7 Å². The standard InChI is InChI=1S/C32H35N5O6S/c1-18(2)20-11-13-22(14-12-20)37(32(40)29-25(33)26(30(34)38)36-44-29)27(31(39)35-17-19-9-7-6-8-10-19)21-15-23(41-3)28(43-5)24(16-21)42-4/h6-16,18,27H,17,33H2,1-5H3,(H2,34,38)(H,35,39)/t27-/m0/s1. The molecule has 1 heterocycles. The lowest BCUT2D eigenvalue weighted by Gasteiger charge is -2.32. The Morgan fingerprint density at radius 3 is 2.02 bits per heavy atom. The highest BCUT2D eigenvalue weighted by molar-refractivity contribution is 7.09. The van der Waals surface area contributed by atoms with Gasteiger partial charge in [-0.2, -0.15) is 4.37 Å². The van der Waals surface area contributed by atoms with Gasteiger partial charge in [0.25, 0.3) is 11.8 Å². The number of carbonyl (C=O) groups excluding carboxylic acids is 3. The Morgan fingerprint density at radius 2 is 1.52 bits per heavy atom. The smallest absolute Gasteiger partial charge is 0.273 e. The highest BCUT2D eigenvalue weighted by Crippen LogP contribution is 2.42. The Labute approximate surface area is 259 Å². The van der Waals surface area contributed by atoms with Gasteiger partial charge in [0.15, 0.2) is 17.2 Å². The van der Waals surface area contributed by atoms with E-state index >= 15 is 0 Å². The molecule has 4 aromatic rings. The average Bonchev–Trinajstić information content (AvgIpc) is 3.43. The molecule has 11 nitrogen and oxygen atoms in total. The summed E-state index contributed by atoms with van der Waals surface area (Å²) >= 11 is 0.731. The molecular weight excluding hydrogens is 582 g/mol. The Hall–Kier alpha value is -5.10. The molecule has 230 valence electrons. The van der Waals surface area contributed by atoms with E-state index in [1.807, 2.05) is 42.5 Å². The van der Waals surface area contributed by atoms with Gasteiger partial charge in [0, 0.05) is 12.2 Å². The summed E-state index contributed by atoms with van der Waals surface area (Å²) in [5, 5.41) is 2.96. The number of nitrogens with one attached hydrogen (secondary N) is 1. The molecule has 0 saturated heterocycles. The summed E-state index contributed by atoms with van der Waals surface area (Å²) in [5.41, 5.74) is 13.9. The van der Waals surface area contributed by atoms with Crippen LogP contribution in [0.2, 0.25) is 0 Å². The molecule has 3 amide bonds. The molecule has 0 fully saturated rings. The first-order chi connectivity index (χ1) is 21.1. The second-order valence-corrected chi connectivity index (χ2v) is 10.9. The van der Waals surface area contributed by atoms with Crippen LogP contribution in [0.25, 0.3) is 0 Å². The zero-order valence-corrected chi connectivity index (χ0v) is 25.9. The van der Waals surface area contributed by atoms with Gasteiger partial charge in [0.05, 0.1) is 27.0 Å². The van der Waals surface area contributed by atoms with E-state index in [9.17, 15) is 14.4 Å². The largest absolute Gasteiger partial charge is 0.493 e. The number of aromatic nitrogens is 1. The zero-order valence-electron chi connectivity index (χ0n) is 25.1. The molecule has 0 spiro atoms.